The summed E-state index contributed by atoms with van der Waals surface area (Å²) in [4.78, 5) is 14.7. The average molecular weight is 487 g/mol. The summed E-state index contributed by atoms with van der Waals surface area (Å²) in [5.41, 5.74) is 3.03. The Bertz CT molecular complexity index is 930. The molecule has 0 fully saturated rings. The standard InChI is InChI=1S/C26H34N2O3S2/c1-21(29)28(22-12-7-5-8-13-22)18-10-6-9-16-26(2,3)24-20-23(33-31-4)14-15-25(24)27-17-11-19-32-30/h5-10,12-15,18,20,27,30H,11,16-17,19H2,1-4H3/b9-6+,18-10+. The predicted molar refractivity (Wildman–Crippen MR) is 143 cm³/mol. The van der Waals surface area contributed by atoms with E-state index in [0.717, 1.165) is 47.7 Å². The molecule has 1 amide bonds. The Hall–Kier alpha value is -2.19. The molecule has 0 heterocycles. The molecule has 0 spiro atoms. The van der Waals surface area contributed by atoms with Crippen LogP contribution in [0.4, 0.5) is 11.4 Å². The van der Waals surface area contributed by atoms with Crippen molar-refractivity contribution in [3.05, 3.63) is 78.5 Å². The van der Waals surface area contributed by atoms with E-state index in [2.05, 4.69) is 43.4 Å². The number of nitrogens with zero attached hydrogens (tertiary/aromatic N) is 1. The minimum atomic E-state index is -0.123. The quantitative estimate of drug-likeness (QED) is 0.178. The topological polar surface area (TPSA) is 61.8 Å². The molecule has 0 aromatic heterocycles. The second kappa shape index (κ2) is 14.2. The summed E-state index contributed by atoms with van der Waals surface area (Å²) >= 11 is 2.22. The van der Waals surface area contributed by atoms with Gasteiger partial charge in [-0.1, -0.05) is 44.2 Å². The molecule has 2 aromatic rings. The van der Waals surface area contributed by atoms with Gasteiger partial charge in [-0.3, -0.25) is 9.69 Å². The number of benzene rings is 2. The van der Waals surface area contributed by atoms with Crippen LogP contribution >= 0.6 is 24.1 Å². The van der Waals surface area contributed by atoms with E-state index in [1.54, 1.807) is 25.1 Å². The molecule has 0 radical (unpaired) electrons. The SMILES string of the molecule is COSc1ccc(NCCCSO)c(C(C)(C)C/C=C/C=C/N(C(C)=O)c2ccccc2)c1. The minimum absolute atomic E-state index is 0.0334. The first-order chi connectivity index (χ1) is 15.9. The van der Waals surface area contributed by atoms with Gasteiger partial charge in [0, 0.05) is 53.7 Å². The van der Waals surface area contributed by atoms with Crippen LogP contribution in [0, 0.1) is 0 Å². The van der Waals surface area contributed by atoms with Crippen LogP contribution in [0.25, 0.3) is 0 Å². The first kappa shape index (κ1) is 27.1. The third-order valence-electron chi connectivity index (χ3n) is 5.11. The van der Waals surface area contributed by atoms with Gasteiger partial charge in [-0.15, -0.1) is 0 Å². The van der Waals surface area contributed by atoms with Gasteiger partial charge >= 0.3 is 0 Å². The summed E-state index contributed by atoms with van der Waals surface area (Å²) in [6.45, 7) is 6.80. The second-order valence-electron chi connectivity index (χ2n) is 8.15. The highest BCUT2D eigenvalue weighted by atomic mass is 32.2. The number of hydrogen-bond donors (Lipinski definition) is 2. The van der Waals surface area contributed by atoms with Crippen LogP contribution in [0.5, 0.6) is 0 Å². The molecule has 0 unspecified atom stereocenters. The third-order valence-corrected chi connectivity index (χ3v) is 6.20. The highest BCUT2D eigenvalue weighted by Gasteiger charge is 2.23. The van der Waals surface area contributed by atoms with Crippen LogP contribution in [-0.4, -0.2) is 29.9 Å². The molecule has 0 aliphatic carbocycles. The zero-order valence-electron chi connectivity index (χ0n) is 19.8. The second-order valence-corrected chi connectivity index (χ2v) is 9.79. The lowest BCUT2D eigenvalue weighted by Gasteiger charge is -2.27. The summed E-state index contributed by atoms with van der Waals surface area (Å²) in [5, 5.41) is 3.51. The van der Waals surface area contributed by atoms with Crippen molar-refractivity contribution in [2.75, 3.05) is 29.6 Å². The maximum atomic E-state index is 12.0. The molecular formula is C26H34N2O3S2. The molecule has 2 aromatic carbocycles. The number of amides is 1. The summed E-state index contributed by atoms with van der Waals surface area (Å²) in [6, 6.07) is 15.9. The monoisotopic (exact) mass is 486 g/mol. The summed E-state index contributed by atoms with van der Waals surface area (Å²) < 4.78 is 14.2. The molecule has 2 rings (SSSR count). The van der Waals surface area contributed by atoms with E-state index in [4.69, 9.17) is 8.74 Å². The van der Waals surface area contributed by atoms with Gasteiger partial charge in [0.2, 0.25) is 5.91 Å². The first-order valence-corrected chi connectivity index (χ1v) is 12.6. The summed E-state index contributed by atoms with van der Waals surface area (Å²) in [5.74, 6) is 0.674. The van der Waals surface area contributed by atoms with Crippen molar-refractivity contribution in [2.45, 2.75) is 43.9 Å². The van der Waals surface area contributed by atoms with E-state index in [1.807, 2.05) is 42.5 Å². The first-order valence-electron chi connectivity index (χ1n) is 10.9. The van der Waals surface area contributed by atoms with E-state index in [9.17, 15) is 4.79 Å². The van der Waals surface area contributed by atoms with Crippen LogP contribution in [0.15, 0.2) is 77.9 Å². The molecule has 0 saturated carbocycles. The van der Waals surface area contributed by atoms with Crippen molar-refractivity contribution in [3.8, 4) is 0 Å². The van der Waals surface area contributed by atoms with Gasteiger partial charge in [-0.05, 0) is 72.3 Å². The van der Waals surface area contributed by atoms with E-state index >= 15 is 0 Å². The van der Waals surface area contributed by atoms with E-state index in [0.29, 0.717) is 5.75 Å². The number of carbonyl (C=O) groups is 1. The Labute approximate surface area is 206 Å². The number of para-hydroxylation sites is 1. The average Bonchev–Trinajstić information content (AvgIpc) is 2.80. The molecular weight excluding hydrogens is 452 g/mol. The van der Waals surface area contributed by atoms with Crippen LogP contribution in [0.2, 0.25) is 0 Å². The number of hydrogen-bond acceptors (Lipinski definition) is 6. The fraction of sp³-hybridized carbons (Fsp3) is 0.346. The van der Waals surface area contributed by atoms with Crippen LogP contribution in [0.1, 0.15) is 39.2 Å². The lowest BCUT2D eigenvalue weighted by atomic mass is 9.80. The van der Waals surface area contributed by atoms with Crippen molar-refractivity contribution >= 4 is 41.4 Å². The minimum Gasteiger partial charge on any atom is -0.385 e. The Morgan fingerprint density at radius 1 is 1.18 bits per heavy atom. The maximum Gasteiger partial charge on any atom is 0.227 e. The molecule has 5 nitrogen and oxygen atoms in total. The lowest BCUT2D eigenvalue weighted by molar-refractivity contribution is -0.116. The van der Waals surface area contributed by atoms with Gasteiger partial charge in [0.15, 0.2) is 0 Å². The van der Waals surface area contributed by atoms with Gasteiger partial charge in [0.1, 0.15) is 0 Å². The van der Waals surface area contributed by atoms with Gasteiger partial charge in [0.25, 0.3) is 0 Å². The Morgan fingerprint density at radius 2 is 1.94 bits per heavy atom. The van der Waals surface area contributed by atoms with E-state index < -0.39 is 0 Å². The Kier molecular flexibility index (Phi) is 11.6. The van der Waals surface area contributed by atoms with Crippen LogP contribution < -0.4 is 10.2 Å². The van der Waals surface area contributed by atoms with Crippen molar-refractivity contribution < 1.29 is 13.5 Å². The van der Waals surface area contributed by atoms with E-state index in [-0.39, 0.29) is 11.3 Å². The molecule has 33 heavy (non-hydrogen) atoms. The largest absolute Gasteiger partial charge is 0.385 e. The molecule has 0 aliphatic heterocycles. The van der Waals surface area contributed by atoms with E-state index in [1.165, 1.54) is 17.6 Å². The van der Waals surface area contributed by atoms with Crippen LogP contribution in [-0.2, 0) is 14.4 Å². The predicted octanol–water partition coefficient (Wildman–Crippen LogP) is 7.14. The van der Waals surface area contributed by atoms with Crippen molar-refractivity contribution in [2.24, 2.45) is 0 Å². The Morgan fingerprint density at radius 3 is 2.61 bits per heavy atom. The third kappa shape index (κ3) is 8.93. The van der Waals surface area contributed by atoms with Crippen LogP contribution in [0.3, 0.4) is 0 Å². The fourth-order valence-corrected chi connectivity index (χ4v) is 4.15. The number of anilines is 2. The van der Waals surface area contributed by atoms with Gasteiger partial charge in [0.05, 0.1) is 7.11 Å². The summed E-state index contributed by atoms with van der Waals surface area (Å²) in [6.07, 6.45) is 9.51. The van der Waals surface area contributed by atoms with Gasteiger partial charge in [-0.2, -0.15) is 0 Å². The molecule has 0 saturated heterocycles. The lowest BCUT2D eigenvalue weighted by Crippen LogP contribution is -2.21. The van der Waals surface area contributed by atoms with Crippen molar-refractivity contribution in [1.82, 2.24) is 0 Å². The number of rotatable bonds is 13. The highest BCUT2D eigenvalue weighted by molar-refractivity contribution is 7.94. The zero-order valence-corrected chi connectivity index (χ0v) is 21.4. The fourth-order valence-electron chi connectivity index (χ4n) is 3.39. The maximum absolute atomic E-state index is 12.0. The van der Waals surface area contributed by atoms with Gasteiger partial charge in [-0.25, -0.2) is 0 Å². The molecule has 0 aliphatic rings. The van der Waals surface area contributed by atoms with Crippen molar-refractivity contribution in [1.29, 1.82) is 0 Å². The van der Waals surface area contributed by atoms with Crippen molar-refractivity contribution in [3.63, 3.8) is 0 Å². The summed E-state index contributed by atoms with van der Waals surface area (Å²) in [7, 11) is 1.67. The number of carbonyl (C=O) groups excluding carboxylic acids is 1. The smallest absolute Gasteiger partial charge is 0.227 e. The molecule has 0 atom stereocenters. The Balaban J connectivity index is 2.12. The molecule has 0 bridgehead atoms. The molecule has 7 heteroatoms. The molecule has 178 valence electrons. The zero-order chi connectivity index (χ0) is 24.1. The number of allylic oxidation sites excluding steroid dienone is 3. The molecule has 2 N–H and O–H groups in total. The number of nitrogens with one attached hydrogen (secondary N) is 1. The normalized spacial score (nSPS) is 11.9. The highest BCUT2D eigenvalue weighted by Crippen LogP contribution is 2.36. The van der Waals surface area contributed by atoms with Gasteiger partial charge < -0.3 is 14.1 Å².